The van der Waals surface area contributed by atoms with Gasteiger partial charge < -0.3 is 29.4 Å². The van der Waals surface area contributed by atoms with Crippen molar-refractivity contribution in [1.82, 2.24) is 9.88 Å². The number of thiazole rings is 1. The minimum atomic E-state index is -0.703. The second kappa shape index (κ2) is 15.0. The Bertz CT molecular complexity index is 2150. The standard InChI is InChI=1S/C38H34N4O6S/c1-42(21-25-8-12-26(13-9-25)31-22-49-23-39-31)17-16-24-10-14-27(15-11-24)40-37(44)29-18-34(46-2)35(47-3)19-30(29)41-38(45)36-20-32(43)28-6-4-5-7-33(28)48-36/h4-15,18-20,22-23H,16-17,21H2,1-3H3,(H,40,44)(H,41,45). The van der Waals surface area contributed by atoms with Gasteiger partial charge in [-0.05, 0) is 54.9 Å². The van der Waals surface area contributed by atoms with Crippen LogP contribution in [0, 0.1) is 0 Å². The van der Waals surface area contributed by atoms with Gasteiger partial charge in [-0.15, -0.1) is 11.3 Å². The Labute approximate surface area is 286 Å². The quantitative estimate of drug-likeness (QED) is 0.141. The number of hydrogen-bond donors (Lipinski definition) is 2. The minimum absolute atomic E-state index is 0.124. The SMILES string of the molecule is COc1cc(NC(=O)c2cc(=O)c3ccccc3o2)c(C(=O)Nc2ccc(CCN(C)Cc3ccc(-c4cscn4)cc3)cc2)cc1OC. The summed E-state index contributed by atoms with van der Waals surface area (Å²) in [5.41, 5.74) is 7.07. The molecule has 2 N–H and O–H groups in total. The first-order chi connectivity index (χ1) is 23.8. The number of hydrogen-bond acceptors (Lipinski definition) is 9. The summed E-state index contributed by atoms with van der Waals surface area (Å²) in [6, 6.07) is 26.9. The maximum Gasteiger partial charge on any atom is 0.291 e. The maximum absolute atomic E-state index is 13.6. The van der Waals surface area contributed by atoms with Crippen LogP contribution in [0.4, 0.5) is 11.4 Å². The Kier molecular flexibility index (Phi) is 10.1. The number of ether oxygens (including phenoxy) is 2. The Balaban J connectivity index is 1.11. The molecule has 2 heterocycles. The lowest BCUT2D eigenvalue weighted by atomic mass is 10.1. The first-order valence-corrected chi connectivity index (χ1v) is 16.4. The van der Waals surface area contributed by atoms with E-state index < -0.39 is 11.8 Å². The first kappa shape index (κ1) is 33.1. The predicted octanol–water partition coefficient (Wildman–Crippen LogP) is 7.11. The van der Waals surface area contributed by atoms with Crippen LogP contribution in [0.1, 0.15) is 32.0 Å². The van der Waals surface area contributed by atoms with Crippen molar-refractivity contribution in [2.45, 2.75) is 13.0 Å². The number of methoxy groups -OCH3 is 2. The Hall–Kier alpha value is -5.78. The van der Waals surface area contributed by atoms with Gasteiger partial charge in [0.05, 0.1) is 42.1 Å². The normalized spacial score (nSPS) is 11.0. The van der Waals surface area contributed by atoms with Crippen LogP contribution < -0.4 is 25.5 Å². The highest BCUT2D eigenvalue weighted by Gasteiger charge is 2.21. The molecular weight excluding hydrogens is 641 g/mol. The molecule has 248 valence electrons. The van der Waals surface area contributed by atoms with Crippen LogP contribution in [0.15, 0.2) is 111 Å². The molecular formula is C38H34N4O6S. The lowest BCUT2D eigenvalue weighted by molar-refractivity contribution is 0.0997. The largest absolute Gasteiger partial charge is 0.493 e. The van der Waals surface area contributed by atoms with Gasteiger partial charge in [0.15, 0.2) is 22.7 Å². The lowest BCUT2D eigenvalue weighted by Crippen LogP contribution is -2.21. The number of rotatable bonds is 12. The van der Waals surface area contributed by atoms with Crippen molar-refractivity contribution in [2.75, 3.05) is 38.4 Å². The molecule has 10 nitrogen and oxygen atoms in total. The third-order valence-electron chi connectivity index (χ3n) is 8.00. The van der Waals surface area contributed by atoms with Crippen LogP contribution in [0.2, 0.25) is 0 Å². The molecule has 0 saturated carbocycles. The number of carbonyl (C=O) groups excluding carboxylic acids is 2. The van der Waals surface area contributed by atoms with E-state index in [4.69, 9.17) is 13.9 Å². The van der Waals surface area contributed by atoms with Crippen molar-refractivity contribution in [3.63, 3.8) is 0 Å². The van der Waals surface area contributed by atoms with Gasteiger partial charge in [-0.3, -0.25) is 14.4 Å². The zero-order chi connectivity index (χ0) is 34.3. The molecule has 11 heteroatoms. The molecule has 0 aliphatic rings. The molecule has 2 amide bonds. The molecule has 0 bridgehead atoms. The number of aromatic nitrogens is 1. The smallest absolute Gasteiger partial charge is 0.291 e. The molecule has 6 rings (SSSR count). The summed E-state index contributed by atoms with van der Waals surface area (Å²) in [5.74, 6) is -0.778. The van der Waals surface area contributed by atoms with E-state index in [1.54, 1.807) is 35.6 Å². The second-order valence-electron chi connectivity index (χ2n) is 11.4. The number of para-hydroxylation sites is 1. The predicted molar refractivity (Wildman–Crippen MR) is 192 cm³/mol. The van der Waals surface area contributed by atoms with E-state index in [9.17, 15) is 14.4 Å². The van der Waals surface area contributed by atoms with Gasteiger partial charge in [-0.2, -0.15) is 0 Å². The number of benzene rings is 4. The average Bonchev–Trinajstić information content (AvgIpc) is 3.67. The highest BCUT2D eigenvalue weighted by atomic mass is 32.1. The van der Waals surface area contributed by atoms with E-state index in [0.717, 1.165) is 42.4 Å². The van der Waals surface area contributed by atoms with Gasteiger partial charge in [0.1, 0.15) is 5.58 Å². The number of nitrogens with zero attached hydrogens (tertiary/aromatic N) is 2. The van der Waals surface area contributed by atoms with Gasteiger partial charge in [-0.25, -0.2) is 4.98 Å². The van der Waals surface area contributed by atoms with E-state index in [-0.39, 0.29) is 28.0 Å². The Morgan fingerprint density at radius 2 is 1.57 bits per heavy atom. The molecule has 0 aliphatic heterocycles. The van der Waals surface area contributed by atoms with Crippen molar-refractivity contribution >= 4 is 45.5 Å². The first-order valence-electron chi connectivity index (χ1n) is 15.5. The molecule has 0 unspecified atom stereocenters. The van der Waals surface area contributed by atoms with Crippen LogP contribution >= 0.6 is 11.3 Å². The maximum atomic E-state index is 13.6. The topological polar surface area (TPSA) is 123 Å². The number of carbonyl (C=O) groups is 2. The van der Waals surface area contributed by atoms with Crippen molar-refractivity contribution in [3.8, 4) is 22.8 Å². The van der Waals surface area contributed by atoms with E-state index in [2.05, 4.69) is 51.8 Å². The lowest BCUT2D eigenvalue weighted by Gasteiger charge is -2.17. The molecule has 49 heavy (non-hydrogen) atoms. The van der Waals surface area contributed by atoms with E-state index in [1.165, 1.54) is 31.9 Å². The summed E-state index contributed by atoms with van der Waals surface area (Å²) < 4.78 is 16.5. The number of fused-ring (bicyclic) bond motifs is 1. The van der Waals surface area contributed by atoms with Gasteiger partial charge in [0.25, 0.3) is 11.8 Å². The Morgan fingerprint density at radius 1 is 0.857 bits per heavy atom. The highest BCUT2D eigenvalue weighted by Crippen LogP contribution is 2.34. The molecule has 0 spiro atoms. The van der Waals surface area contributed by atoms with E-state index in [0.29, 0.717) is 22.6 Å². The number of likely N-dealkylation sites (N-methyl/N-ethyl adjacent to an activating group) is 1. The molecule has 0 aliphatic carbocycles. The zero-order valence-corrected chi connectivity index (χ0v) is 28.0. The fourth-order valence-electron chi connectivity index (χ4n) is 5.37. The van der Waals surface area contributed by atoms with E-state index in [1.807, 2.05) is 35.2 Å². The summed E-state index contributed by atoms with van der Waals surface area (Å²) in [4.78, 5) is 46.1. The minimum Gasteiger partial charge on any atom is -0.493 e. The summed E-state index contributed by atoms with van der Waals surface area (Å²) in [5, 5.41) is 8.00. The van der Waals surface area contributed by atoms with Crippen LogP contribution in [-0.4, -0.2) is 49.5 Å². The zero-order valence-electron chi connectivity index (χ0n) is 27.2. The molecule has 0 saturated heterocycles. The van der Waals surface area contributed by atoms with Crippen LogP contribution in [-0.2, 0) is 13.0 Å². The Morgan fingerprint density at radius 3 is 2.29 bits per heavy atom. The van der Waals surface area contributed by atoms with Crippen molar-refractivity contribution in [3.05, 3.63) is 135 Å². The molecule has 2 aromatic heterocycles. The number of amides is 2. The van der Waals surface area contributed by atoms with Crippen molar-refractivity contribution < 1.29 is 23.5 Å². The average molecular weight is 675 g/mol. The summed E-state index contributed by atoms with van der Waals surface area (Å²) in [6.45, 7) is 1.67. The van der Waals surface area contributed by atoms with Gasteiger partial charge in [0, 0.05) is 41.9 Å². The summed E-state index contributed by atoms with van der Waals surface area (Å²) in [6.07, 6.45) is 0.832. The monoisotopic (exact) mass is 674 g/mol. The molecule has 4 aromatic carbocycles. The van der Waals surface area contributed by atoms with Crippen LogP contribution in [0.5, 0.6) is 11.5 Å². The van der Waals surface area contributed by atoms with Crippen molar-refractivity contribution in [1.29, 1.82) is 0 Å². The molecule has 6 aromatic rings. The number of nitrogens with one attached hydrogen (secondary N) is 2. The highest BCUT2D eigenvalue weighted by molar-refractivity contribution is 7.07. The summed E-state index contributed by atoms with van der Waals surface area (Å²) >= 11 is 1.59. The molecule has 0 atom stereocenters. The van der Waals surface area contributed by atoms with E-state index >= 15 is 0 Å². The second-order valence-corrected chi connectivity index (χ2v) is 12.1. The molecule has 0 radical (unpaired) electrons. The third-order valence-corrected chi connectivity index (χ3v) is 8.59. The fraction of sp³-hybridized carbons (Fsp3) is 0.158. The van der Waals surface area contributed by atoms with Crippen molar-refractivity contribution in [2.24, 2.45) is 0 Å². The summed E-state index contributed by atoms with van der Waals surface area (Å²) in [7, 11) is 5.00. The fourth-order valence-corrected chi connectivity index (χ4v) is 5.93. The van der Waals surface area contributed by atoms with Crippen LogP contribution in [0.25, 0.3) is 22.2 Å². The van der Waals surface area contributed by atoms with Gasteiger partial charge >= 0.3 is 0 Å². The van der Waals surface area contributed by atoms with Gasteiger partial charge in [-0.1, -0.05) is 48.5 Å². The van der Waals surface area contributed by atoms with Gasteiger partial charge in [0.2, 0.25) is 0 Å². The third kappa shape index (κ3) is 7.86. The van der Waals surface area contributed by atoms with Crippen LogP contribution in [0.3, 0.4) is 0 Å². The molecule has 0 fully saturated rings. The number of anilines is 2.